The number of para-hydroxylation sites is 1. The Labute approximate surface area is 145 Å². The third-order valence-electron chi connectivity index (χ3n) is 3.15. The molecule has 0 aliphatic heterocycles. The molecular weight excluding hydrogens is 322 g/mol. The minimum atomic E-state index is -0.424. The Morgan fingerprint density at radius 1 is 1.20 bits per heavy atom. The van der Waals surface area contributed by atoms with Gasteiger partial charge >= 0.3 is 0 Å². The Bertz CT molecular complexity index is 766. The second kappa shape index (κ2) is 8.97. The predicted octanol–water partition coefficient (Wildman–Crippen LogP) is 1.71. The van der Waals surface area contributed by atoms with Gasteiger partial charge in [-0.3, -0.25) is 20.4 Å². The van der Waals surface area contributed by atoms with Crippen LogP contribution in [0.3, 0.4) is 0 Å². The summed E-state index contributed by atoms with van der Waals surface area (Å²) in [6, 6.07) is 10.7. The number of hydrogen-bond acceptors (Lipinski definition) is 5. The van der Waals surface area contributed by atoms with Gasteiger partial charge in [-0.2, -0.15) is 0 Å². The summed E-state index contributed by atoms with van der Waals surface area (Å²) < 4.78 is 10.3. The van der Waals surface area contributed by atoms with Crippen LogP contribution in [0.4, 0.5) is 0 Å². The van der Waals surface area contributed by atoms with Crippen molar-refractivity contribution in [1.29, 1.82) is 0 Å². The number of furan rings is 1. The minimum absolute atomic E-state index is 0.187. The molecule has 0 unspecified atom stereocenters. The van der Waals surface area contributed by atoms with E-state index in [-0.39, 0.29) is 6.54 Å². The second-order valence-electron chi connectivity index (χ2n) is 4.92. The first-order chi connectivity index (χ1) is 12.1. The molecule has 3 N–H and O–H groups in total. The number of rotatable bonds is 8. The fraction of sp³-hybridized carbons (Fsp3) is 0.111. The van der Waals surface area contributed by atoms with Crippen molar-refractivity contribution in [1.82, 2.24) is 16.2 Å². The summed E-state index contributed by atoms with van der Waals surface area (Å²) in [4.78, 5) is 23.5. The van der Waals surface area contributed by atoms with E-state index in [2.05, 4.69) is 22.7 Å². The van der Waals surface area contributed by atoms with Crippen molar-refractivity contribution in [2.45, 2.75) is 0 Å². The van der Waals surface area contributed by atoms with E-state index in [0.29, 0.717) is 17.2 Å². The average Bonchev–Trinajstić information content (AvgIpc) is 3.17. The molecule has 25 heavy (non-hydrogen) atoms. The molecule has 0 spiro atoms. The summed E-state index contributed by atoms with van der Waals surface area (Å²) in [5, 5.41) is 2.48. The summed E-state index contributed by atoms with van der Waals surface area (Å²) >= 11 is 0. The highest BCUT2D eigenvalue weighted by atomic mass is 16.5. The Morgan fingerprint density at radius 2 is 2.00 bits per heavy atom. The van der Waals surface area contributed by atoms with Crippen molar-refractivity contribution in [2.75, 3.05) is 13.7 Å². The highest BCUT2D eigenvalue weighted by Gasteiger charge is 2.05. The zero-order valence-electron chi connectivity index (χ0n) is 13.7. The van der Waals surface area contributed by atoms with E-state index in [1.54, 1.807) is 31.4 Å². The molecule has 1 heterocycles. The third kappa shape index (κ3) is 5.58. The smallest absolute Gasteiger partial charge is 0.257 e. The van der Waals surface area contributed by atoms with E-state index in [1.165, 1.54) is 12.3 Å². The van der Waals surface area contributed by atoms with Gasteiger partial charge in [0, 0.05) is 11.6 Å². The van der Waals surface area contributed by atoms with Crippen molar-refractivity contribution in [3.8, 4) is 5.75 Å². The molecule has 7 heteroatoms. The fourth-order valence-corrected chi connectivity index (χ4v) is 1.90. The van der Waals surface area contributed by atoms with E-state index in [4.69, 9.17) is 9.15 Å². The molecule has 0 aliphatic carbocycles. The number of benzene rings is 1. The van der Waals surface area contributed by atoms with Crippen LogP contribution in [0.25, 0.3) is 11.8 Å². The molecule has 0 fully saturated rings. The highest BCUT2D eigenvalue weighted by molar-refractivity contribution is 5.94. The van der Waals surface area contributed by atoms with Gasteiger partial charge in [0.05, 0.1) is 25.6 Å². The quantitative estimate of drug-likeness (QED) is 0.502. The Kier molecular flexibility index (Phi) is 6.41. The van der Waals surface area contributed by atoms with Crippen LogP contribution in [-0.2, 0) is 9.59 Å². The van der Waals surface area contributed by atoms with Gasteiger partial charge in [-0.15, -0.1) is 0 Å². The number of amides is 2. The molecule has 1 aromatic heterocycles. The maximum Gasteiger partial charge on any atom is 0.257 e. The van der Waals surface area contributed by atoms with Crippen LogP contribution < -0.4 is 20.9 Å². The predicted molar refractivity (Wildman–Crippen MR) is 94.1 cm³/mol. The van der Waals surface area contributed by atoms with Crippen molar-refractivity contribution >= 4 is 23.6 Å². The molecule has 0 radical (unpaired) electrons. The first-order valence-corrected chi connectivity index (χ1v) is 7.46. The monoisotopic (exact) mass is 341 g/mol. The normalized spacial score (nSPS) is 10.3. The average molecular weight is 341 g/mol. The number of carbonyl (C=O) groups is 2. The number of hydrazine groups is 1. The van der Waals surface area contributed by atoms with E-state index >= 15 is 0 Å². The molecule has 2 rings (SSSR count). The molecule has 0 saturated carbocycles. The summed E-state index contributed by atoms with van der Waals surface area (Å²) in [6.45, 7) is 3.53. The summed E-state index contributed by atoms with van der Waals surface area (Å²) in [5.74, 6) is 0.340. The van der Waals surface area contributed by atoms with Gasteiger partial charge in [-0.25, -0.2) is 0 Å². The molecule has 1 aromatic carbocycles. The zero-order valence-corrected chi connectivity index (χ0v) is 13.7. The topological polar surface area (TPSA) is 92.6 Å². The maximum atomic E-state index is 11.8. The Morgan fingerprint density at radius 3 is 2.72 bits per heavy atom. The van der Waals surface area contributed by atoms with E-state index in [9.17, 15) is 9.59 Å². The van der Waals surface area contributed by atoms with Crippen LogP contribution in [0.2, 0.25) is 0 Å². The number of ether oxygens (including phenoxy) is 1. The molecular formula is C18H19N3O4. The van der Waals surface area contributed by atoms with Crippen LogP contribution in [0.1, 0.15) is 11.3 Å². The van der Waals surface area contributed by atoms with Gasteiger partial charge in [-0.05, 0) is 24.3 Å². The van der Waals surface area contributed by atoms with Crippen LogP contribution in [0.5, 0.6) is 5.75 Å². The Hall–Kier alpha value is -3.48. The first-order valence-electron chi connectivity index (χ1n) is 7.46. The van der Waals surface area contributed by atoms with E-state index in [1.807, 2.05) is 18.2 Å². The molecule has 130 valence electrons. The Balaban J connectivity index is 1.74. The van der Waals surface area contributed by atoms with Gasteiger partial charge < -0.3 is 14.5 Å². The van der Waals surface area contributed by atoms with E-state index in [0.717, 1.165) is 5.56 Å². The van der Waals surface area contributed by atoms with Crippen molar-refractivity contribution in [3.63, 3.8) is 0 Å². The van der Waals surface area contributed by atoms with Crippen molar-refractivity contribution in [2.24, 2.45) is 0 Å². The van der Waals surface area contributed by atoms with Gasteiger partial charge in [0.15, 0.2) is 5.76 Å². The van der Waals surface area contributed by atoms with Gasteiger partial charge in [-0.1, -0.05) is 24.8 Å². The summed E-state index contributed by atoms with van der Waals surface area (Å²) in [7, 11) is 1.56. The third-order valence-corrected chi connectivity index (χ3v) is 3.15. The lowest BCUT2D eigenvalue weighted by Crippen LogP contribution is -2.42. The van der Waals surface area contributed by atoms with E-state index < -0.39 is 11.8 Å². The second-order valence-corrected chi connectivity index (χ2v) is 4.92. The molecule has 0 atom stereocenters. The molecule has 7 nitrogen and oxygen atoms in total. The highest BCUT2D eigenvalue weighted by Crippen LogP contribution is 2.18. The molecule has 0 saturated heterocycles. The lowest BCUT2D eigenvalue weighted by atomic mass is 10.2. The molecule has 2 aromatic rings. The van der Waals surface area contributed by atoms with Gasteiger partial charge in [0.1, 0.15) is 5.75 Å². The van der Waals surface area contributed by atoms with Crippen LogP contribution in [0, 0.1) is 0 Å². The maximum absolute atomic E-state index is 11.8. The van der Waals surface area contributed by atoms with Crippen LogP contribution in [-0.4, -0.2) is 25.5 Å². The van der Waals surface area contributed by atoms with Gasteiger partial charge in [0.25, 0.3) is 5.91 Å². The number of methoxy groups -OCH3 is 1. The standard InChI is InChI=1S/C18H19N3O4/c1-13(15-8-5-11-25-15)20-21-18(23)12-19-17(22)10-9-14-6-3-4-7-16(14)24-2/h3-11,20H,1,12H2,2H3,(H,19,22)(H,21,23)/b10-9+. The number of hydrogen-bond donors (Lipinski definition) is 3. The van der Waals surface area contributed by atoms with Crippen LogP contribution in [0.15, 0.2) is 59.7 Å². The van der Waals surface area contributed by atoms with Gasteiger partial charge in [0.2, 0.25) is 5.91 Å². The lowest BCUT2D eigenvalue weighted by Gasteiger charge is -2.09. The lowest BCUT2D eigenvalue weighted by molar-refractivity contribution is -0.124. The molecule has 2 amide bonds. The van der Waals surface area contributed by atoms with Crippen molar-refractivity contribution in [3.05, 3.63) is 66.6 Å². The summed E-state index contributed by atoms with van der Waals surface area (Å²) in [5.41, 5.74) is 6.19. The molecule has 0 bridgehead atoms. The number of nitrogens with one attached hydrogen (secondary N) is 3. The first kappa shape index (κ1) is 17.9. The summed E-state index contributed by atoms with van der Waals surface area (Å²) in [6.07, 6.45) is 4.45. The fourth-order valence-electron chi connectivity index (χ4n) is 1.90. The van der Waals surface area contributed by atoms with Crippen LogP contribution >= 0.6 is 0 Å². The largest absolute Gasteiger partial charge is 0.496 e. The zero-order chi connectivity index (χ0) is 18.1. The van der Waals surface area contributed by atoms with Crippen molar-refractivity contribution < 1.29 is 18.7 Å². The molecule has 0 aliphatic rings. The number of carbonyl (C=O) groups excluding carboxylic acids is 2. The SMILES string of the molecule is C=C(NNC(=O)CNC(=O)/C=C/c1ccccc1OC)c1ccco1. The minimum Gasteiger partial charge on any atom is -0.496 e.